The maximum absolute atomic E-state index is 15.4. The van der Waals surface area contributed by atoms with Gasteiger partial charge in [-0.3, -0.25) is 24.5 Å². The van der Waals surface area contributed by atoms with E-state index in [-0.39, 0.29) is 54.6 Å². The van der Waals surface area contributed by atoms with Crippen LogP contribution in [0.3, 0.4) is 0 Å². The van der Waals surface area contributed by atoms with E-state index in [1.807, 2.05) is 79.7 Å². The van der Waals surface area contributed by atoms with Crippen molar-refractivity contribution in [1.29, 1.82) is 0 Å². The highest BCUT2D eigenvalue weighted by atomic mass is 28.3. The third-order valence-electron chi connectivity index (χ3n) is 13.2. The van der Waals surface area contributed by atoms with E-state index in [2.05, 4.69) is 23.7 Å². The smallest absolute Gasteiger partial charge is 0.269 e. The largest absolute Gasteiger partial charge is 0.497 e. The normalized spacial score (nSPS) is 24.9. The summed E-state index contributed by atoms with van der Waals surface area (Å²) in [7, 11) is -1.05. The van der Waals surface area contributed by atoms with Gasteiger partial charge in [0.25, 0.3) is 11.6 Å². The molecular formula is C45H51N5O8Si. The summed E-state index contributed by atoms with van der Waals surface area (Å²) in [5.74, 6) is -0.464. The van der Waals surface area contributed by atoms with Gasteiger partial charge in [0.15, 0.2) is 5.60 Å². The molecule has 0 bridgehead atoms. The van der Waals surface area contributed by atoms with Gasteiger partial charge < -0.3 is 35.0 Å². The van der Waals surface area contributed by atoms with Gasteiger partial charge in [-0.15, -0.1) is 0 Å². The molecule has 4 aliphatic rings. The van der Waals surface area contributed by atoms with Crippen LogP contribution in [-0.2, 0) is 44.2 Å². The van der Waals surface area contributed by atoms with Gasteiger partial charge in [0.2, 0.25) is 11.8 Å². The summed E-state index contributed by atoms with van der Waals surface area (Å²) in [6.07, 6.45) is 1.43. The van der Waals surface area contributed by atoms with Gasteiger partial charge in [0, 0.05) is 35.8 Å². The molecule has 1 spiro atoms. The molecule has 14 heteroatoms. The highest BCUT2D eigenvalue weighted by Gasteiger charge is 2.67. The third kappa shape index (κ3) is 7.21. The number of nitrogens with zero attached hydrogens (tertiary/aromatic N) is 3. The molecule has 8 rings (SSSR count). The lowest BCUT2D eigenvalue weighted by molar-refractivity contribution is -0.385. The maximum Gasteiger partial charge on any atom is 0.269 e. The number of carbonyl (C=O) groups is 3. The Morgan fingerprint density at radius 1 is 1.05 bits per heavy atom. The molecule has 4 aromatic rings. The molecule has 13 nitrogen and oxygen atoms in total. The minimum Gasteiger partial charge on any atom is -0.497 e. The molecular weight excluding hydrogens is 767 g/mol. The summed E-state index contributed by atoms with van der Waals surface area (Å²) in [6, 6.07) is 27.0. The van der Waals surface area contributed by atoms with Crippen molar-refractivity contribution in [3.63, 3.8) is 0 Å². The molecule has 0 saturated carbocycles. The highest BCUT2D eigenvalue weighted by molar-refractivity contribution is 6.91. The monoisotopic (exact) mass is 817 g/mol. The highest BCUT2D eigenvalue weighted by Crippen LogP contribution is 2.60. The Labute approximate surface area is 344 Å². The quantitative estimate of drug-likeness (QED) is 0.102. The molecule has 0 aliphatic carbocycles. The molecule has 4 aliphatic heterocycles. The first-order chi connectivity index (χ1) is 28.3. The number of aliphatic hydroxyl groups excluding tert-OH is 1. The number of methoxy groups -OCH3 is 1. The number of fused-ring (bicyclic) bond motifs is 3. The number of ether oxygens (including phenoxy) is 2. The third-order valence-corrected chi connectivity index (χ3v) is 17.6. The van der Waals surface area contributed by atoms with Crippen molar-refractivity contribution in [1.82, 2.24) is 10.2 Å². The first kappa shape index (κ1) is 40.4. The minimum atomic E-state index is -2.67. The summed E-state index contributed by atoms with van der Waals surface area (Å²) < 4.78 is 12.7. The van der Waals surface area contributed by atoms with Crippen molar-refractivity contribution in [3.8, 4) is 5.75 Å². The molecule has 4 heterocycles. The number of carbonyl (C=O) groups excluding carboxylic acids is 3. The van der Waals surface area contributed by atoms with E-state index in [1.54, 1.807) is 23.0 Å². The van der Waals surface area contributed by atoms with Crippen molar-refractivity contribution < 1.29 is 33.9 Å². The molecule has 59 heavy (non-hydrogen) atoms. The van der Waals surface area contributed by atoms with Crippen LogP contribution in [-0.4, -0.2) is 79.2 Å². The molecule has 3 amide bonds. The second-order valence-corrected chi connectivity index (χ2v) is 21.6. The van der Waals surface area contributed by atoms with Gasteiger partial charge in [0.05, 0.1) is 63.6 Å². The lowest BCUT2D eigenvalue weighted by atomic mass is 9.82. The Kier molecular flexibility index (Phi) is 10.9. The standard InChI is InChI=1S/C45H51N5O8Si/c1-28-42(59(3,4)36-17-15-35(57-2)16-18-36)40(24-41(52)48-26-31-11-6-5-10-30(31)22-34(48)27-51)58-45(28)37-23-33(50(55)56)14-19-39(37)49(44(45)54)25-29-9-7-12-32(21-29)47-43(53)38-13-8-20-46-38/h5-7,9-12,14-19,21,23,28,34,38,40,42,46,51H,8,13,20,22,24-27H2,1-4H3,(H,47,53)/t28-,34-,38+,40+,42-,45+/m0/s1. The van der Waals surface area contributed by atoms with Crippen molar-refractivity contribution >= 4 is 48.0 Å². The SMILES string of the molecule is COc1ccc([Si](C)(C)[C@@H]2[C@@H](CC(=O)N3Cc4ccccc4C[C@H]3CO)O[C@]3(C(=O)N(Cc4cccc(NC(=O)[C@H]5CCCN5)c4)c4ccc([N+](=O)[O-])cc43)[C@H]2C)cc1. The average Bonchev–Trinajstić information content (AvgIpc) is 3.94. The Bertz CT molecular complexity index is 2280. The second kappa shape index (κ2) is 16.0. The Hall–Kier alpha value is -5.41. The van der Waals surface area contributed by atoms with Crippen LogP contribution in [0.4, 0.5) is 17.1 Å². The van der Waals surface area contributed by atoms with Crippen molar-refractivity contribution in [3.05, 3.63) is 123 Å². The fraction of sp³-hybridized carbons (Fsp3) is 0.400. The van der Waals surface area contributed by atoms with Crippen molar-refractivity contribution in [2.75, 3.05) is 30.5 Å². The van der Waals surface area contributed by atoms with Gasteiger partial charge in [0.1, 0.15) is 5.75 Å². The van der Waals surface area contributed by atoms with Crippen LogP contribution in [0.5, 0.6) is 5.75 Å². The first-order valence-corrected chi connectivity index (χ1v) is 23.5. The van der Waals surface area contributed by atoms with Gasteiger partial charge in [-0.25, -0.2) is 0 Å². The van der Waals surface area contributed by atoms with Crippen molar-refractivity contribution in [2.45, 2.75) is 88.1 Å². The fourth-order valence-corrected chi connectivity index (χ4v) is 14.2. The molecule has 0 radical (unpaired) electrons. The summed E-state index contributed by atoms with van der Waals surface area (Å²) in [6.45, 7) is 7.47. The molecule has 0 aromatic heterocycles. The number of anilines is 2. The molecule has 0 unspecified atom stereocenters. The number of amides is 3. The number of benzene rings is 4. The van der Waals surface area contributed by atoms with E-state index in [9.17, 15) is 24.8 Å². The van der Waals surface area contributed by atoms with Crippen molar-refractivity contribution in [2.24, 2.45) is 5.92 Å². The van der Waals surface area contributed by atoms with E-state index in [4.69, 9.17) is 9.47 Å². The number of aliphatic hydroxyl groups is 1. The number of non-ortho nitro benzene ring substituents is 1. The number of rotatable bonds is 11. The molecule has 2 fully saturated rings. The lowest BCUT2D eigenvalue weighted by Crippen LogP contribution is -2.52. The summed E-state index contributed by atoms with van der Waals surface area (Å²) in [4.78, 5) is 58.2. The summed E-state index contributed by atoms with van der Waals surface area (Å²) in [5, 5.41) is 30.1. The van der Waals surface area contributed by atoms with Crippen LogP contribution < -0.4 is 25.5 Å². The number of hydrogen-bond acceptors (Lipinski definition) is 9. The molecule has 2 saturated heterocycles. The predicted octanol–water partition coefficient (Wildman–Crippen LogP) is 5.39. The number of hydrogen-bond donors (Lipinski definition) is 3. The van der Waals surface area contributed by atoms with Crippen LogP contribution in [0.15, 0.2) is 91.0 Å². The fourth-order valence-electron chi connectivity index (χ4n) is 10.2. The maximum atomic E-state index is 15.4. The van der Waals surface area contributed by atoms with Crippen LogP contribution in [0.25, 0.3) is 0 Å². The Morgan fingerprint density at radius 3 is 2.51 bits per heavy atom. The van der Waals surface area contributed by atoms with E-state index < -0.39 is 36.7 Å². The van der Waals surface area contributed by atoms with Crippen LogP contribution in [0.2, 0.25) is 18.6 Å². The second-order valence-electron chi connectivity index (χ2n) is 16.9. The van der Waals surface area contributed by atoms with Gasteiger partial charge >= 0.3 is 0 Å². The van der Waals surface area contributed by atoms with Crippen LogP contribution in [0.1, 0.15) is 48.4 Å². The van der Waals surface area contributed by atoms with E-state index in [0.29, 0.717) is 35.7 Å². The van der Waals surface area contributed by atoms with E-state index >= 15 is 4.79 Å². The topological polar surface area (TPSA) is 164 Å². The zero-order valence-electron chi connectivity index (χ0n) is 33.9. The summed E-state index contributed by atoms with van der Waals surface area (Å²) in [5.41, 5.74) is 2.26. The zero-order valence-corrected chi connectivity index (χ0v) is 34.9. The van der Waals surface area contributed by atoms with Gasteiger partial charge in [-0.05, 0) is 78.4 Å². The zero-order chi connectivity index (χ0) is 41.6. The first-order valence-electron chi connectivity index (χ1n) is 20.4. The summed E-state index contributed by atoms with van der Waals surface area (Å²) >= 11 is 0. The molecule has 3 N–H and O–H groups in total. The van der Waals surface area contributed by atoms with Gasteiger partial charge in [-0.2, -0.15) is 0 Å². The lowest BCUT2D eigenvalue weighted by Gasteiger charge is -2.39. The average molecular weight is 818 g/mol. The minimum absolute atomic E-state index is 0.0445. The molecule has 4 aromatic carbocycles. The van der Waals surface area contributed by atoms with E-state index in [1.165, 1.54) is 12.1 Å². The van der Waals surface area contributed by atoms with E-state index in [0.717, 1.165) is 41.3 Å². The van der Waals surface area contributed by atoms with Crippen LogP contribution >= 0.6 is 0 Å². The van der Waals surface area contributed by atoms with Crippen LogP contribution in [0, 0.1) is 16.0 Å². The molecule has 6 atom stereocenters. The molecule has 308 valence electrons. The Morgan fingerprint density at radius 2 is 1.81 bits per heavy atom. The van der Waals surface area contributed by atoms with Gasteiger partial charge in [-0.1, -0.05) is 73.7 Å². The number of nitro groups is 1. The number of nitrogens with one attached hydrogen (secondary N) is 2. The number of nitro benzene ring substituents is 1. The predicted molar refractivity (Wildman–Crippen MR) is 226 cm³/mol. The Balaban J connectivity index is 1.18.